The van der Waals surface area contributed by atoms with Gasteiger partial charge < -0.3 is 19.7 Å². The number of hydrogen-bond donors (Lipinski definition) is 1. The highest BCUT2D eigenvalue weighted by Gasteiger charge is 2.15. The fourth-order valence-corrected chi connectivity index (χ4v) is 2.65. The Morgan fingerprint density at radius 3 is 2.15 bits per heavy atom. The van der Waals surface area contributed by atoms with Crippen LogP contribution in [0.15, 0.2) is 48.5 Å². The largest absolute Gasteiger partial charge is 0.494 e. The number of hydrogen-bond acceptors (Lipinski definition) is 4. The summed E-state index contributed by atoms with van der Waals surface area (Å²) in [6.07, 6.45) is 0.967. The summed E-state index contributed by atoms with van der Waals surface area (Å²) in [6.45, 7) is 5.34. The van der Waals surface area contributed by atoms with Crippen molar-refractivity contribution >= 4 is 5.91 Å². The Balaban J connectivity index is 1.81. The molecular weight excluding hydrogens is 340 g/mol. The summed E-state index contributed by atoms with van der Waals surface area (Å²) in [5, 5.41) is 2.96. The summed E-state index contributed by atoms with van der Waals surface area (Å²) in [4.78, 5) is 14.3. The molecule has 1 unspecified atom stereocenters. The van der Waals surface area contributed by atoms with Crippen LogP contribution in [0, 0.1) is 6.92 Å². The van der Waals surface area contributed by atoms with E-state index in [4.69, 9.17) is 9.47 Å². The predicted molar refractivity (Wildman–Crippen MR) is 108 cm³/mol. The smallest absolute Gasteiger partial charge is 0.258 e. The Hall–Kier alpha value is -2.53. The number of carbonyl (C=O) groups is 1. The highest BCUT2D eigenvalue weighted by Crippen LogP contribution is 2.19. The van der Waals surface area contributed by atoms with Gasteiger partial charge in [-0.3, -0.25) is 4.79 Å². The van der Waals surface area contributed by atoms with E-state index >= 15 is 0 Å². The lowest BCUT2D eigenvalue weighted by Crippen LogP contribution is -2.36. The molecule has 0 saturated heterocycles. The topological polar surface area (TPSA) is 50.8 Å². The minimum Gasteiger partial charge on any atom is -0.494 e. The molecule has 2 aromatic carbocycles. The molecule has 0 fully saturated rings. The third-order valence-corrected chi connectivity index (χ3v) is 4.24. The quantitative estimate of drug-likeness (QED) is 0.694. The van der Waals surface area contributed by atoms with E-state index in [1.807, 2.05) is 38.4 Å². The highest BCUT2D eigenvalue weighted by atomic mass is 16.5. The second kappa shape index (κ2) is 10.6. The summed E-state index contributed by atoms with van der Waals surface area (Å²) < 4.78 is 11.1. The van der Waals surface area contributed by atoms with Gasteiger partial charge in [0.2, 0.25) is 0 Å². The van der Waals surface area contributed by atoms with Gasteiger partial charge in [-0.2, -0.15) is 0 Å². The molecule has 146 valence electrons. The molecule has 0 saturated carbocycles. The van der Waals surface area contributed by atoms with Gasteiger partial charge >= 0.3 is 0 Å². The average Bonchev–Trinajstić information content (AvgIpc) is 2.67. The van der Waals surface area contributed by atoms with E-state index in [0.717, 1.165) is 12.2 Å². The number of carbonyl (C=O) groups excluding carboxylic acids is 1. The first-order valence-corrected chi connectivity index (χ1v) is 9.35. The zero-order valence-electron chi connectivity index (χ0n) is 16.7. The van der Waals surface area contributed by atoms with Crippen molar-refractivity contribution in [2.24, 2.45) is 0 Å². The van der Waals surface area contributed by atoms with Crippen LogP contribution in [-0.4, -0.2) is 44.7 Å². The zero-order chi connectivity index (χ0) is 19.6. The first-order chi connectivity index (χ1) is 13.0. The van der Waals surface area contributed by atoms with Crippen LogP contribution in [-0.2, 0) is 4.79 Å². The second-order valence-electron chi connectivity index (χ2n) is 6.80. The molecule has 0 aliphatic rings. The van der Waals surface area contributed by atoms with Crippen LogP contribution in [0.2, 0.25) is 0 Å². The van der Waals surface area contributed by atoms with Crippen molar-refractivity contribution < 1.29 is 14.3 Å². The van der Waals surface area contributed by atoms with Gasteiger partial charge in [-0.15, -0.1) is 0 Å². The van der Waals surface area contributed by atoms with Crippen LogP contribution in [0.25, 0.3) is 0 Å². The number of benzene rings is 2. The monoisotopic (exact) mass is 370 g/mol. The van der Waals surface area contributed by atoms with E-state index in [2.05, 4.69) is 48.3 Å². The molecule has 5 nitrogen and oxygen atoms in total. The van der Waals surface area contributed by atoms with E-state index in [1.54, 1.807) is 0 Å². The molecule has 0 spiro atoms. The minimum atomic E-state index is -0.139. The van der Waals surface area contributed by atoms with Crippen molar-refractivity contribution in [3.63, 3.8) is 0 Å². The summed E-state index contributed by atoms with van der Waals surface area (Å²) in [6, 6.07) is 15.8. The van der Waals surface area contributed by atoms with Crippen LogP contribution >= 0.6 is 0 Å². The second-order valence-corrected chi connectivity index (χ2v) is 6.80. The van der Waals surface area contributed by atoms with Gasteiger partial charge in [0.1, 0.15) is 11.5 Å². The fourth-order valence-electron chi connectivity index (χ4n) is 2.65. The Kier molecular flexibility index (Phi) is 8.14. The lowest BCUT2D eigenvalue weighted by Gasteiger charge is -2.25. The molecule has 0 radical (unpaired) electrons. The van der Waals surface area contributed by atoms with E-state index < -0.39 is 0 Å². The van der Waals surface area contributed by atoms with Gasteiger partial charge in [0, 0.05) is 6.54 Å². The molecule has 0 bridgehead atoms. The summed E-state index contributed by atoms with van der Waals surface area (Å²) in [7, 11) is 4.02. The maximum atomic E-state index is 12.2. The van der Waals surface area contributed by atoms with Crippen molar-refractivity contribution in [2.45, 2.75) is 26.3 Å². The van der Waals surface area contributed by atoms with Crippen molar-refractivity contribution in [3.05, 3.63) is 59.7 Å². The average molecular weight is 370 g/mol. The highest BCUT2D eigenvalue weighted by molar-refractivity contribution is 5.77. The SMILES string of the molecule is CCCOc1ccc(OCC(=O)NCC(c2ccc(C)cc2)N(C)C)cc1. The molecule has 2 aromatic rings. The van der Waals surface area contributed by atoms with Gasteiger partial charge in [-0.1, -0.05) is 36.8 Å². The molecule has 0 aliphatic carbocycles. The van der Waals surface area contributed by atoms with Crippen molar-refractivity contribution in [1.82, 2.24) is 10.2 Å². The van der Waals surface area contributed by atoms with Crippen molar-refractivity contribution in [2.75, 3.05) is 33.9 Å². The van der Waals surface area contributed by atoms with Gasteiger partial charge in [0.05, 0.1) is 12.6 Å². The predicted octanol–water partition coefficient (Wildman–Crippen LogP) is 3.58. The summed E-state index contributed by atoms with van der Waals surface area (Å²) >= 11 is 0. The molecule has 5 heteroatoms. The van der Waals surface area contributed by atoms with Gasteiger partial charge in [0.25, 0.3) is 5.91 Å². The fraction of sp³-hybridized carbons (Fsp3) is 0.409. The number of ether oxygens (including phenoxy) is 2. The molecule has 2 rings (SSSR count). The molecule has 1 N–H and O–H groups in total. The summed E-state index contributed by atoms with van der Waals surface area (Å²) in [5.41, 5.74) is 2.40. The first-order valence-electron chi connectivity index (χ1n) is 9.35. The lowest BCUT2D eigenvalue weighted by molar-refractivity contribution is -0.123. The third-order valence-electron chi connectivity index (χ3n) is 4.24. The van der Waals surface area contributed by atoms with Crippen LogP contribution in [0.4, 0.5) is 0 Å². The Morgan fingerprint density at radius 1 is 1.00 bits per heavy atom. The first kappa shape index (κ1) is 20.8. The maximum Gasteiger partial charge on any atom is 0.258 e. The van der Waals surface area contributed by atoms with E-state index in [-0.39, 0.29) is 18.6 Å². The summed E-state index contributed by atoms with van der Waals surface area (Å²) in [5.74, 6) is 1.32. The molecule has 0 heterocycles. The number of amides is 1. The number of nitrogens with zero attached hydrogens (tertiary/aromatic N) is 1. The molecule has 27 heavy (non-hydrogen) atoms. The minimum absolute atomic E-state index is 0.0107. The van der Waals surface area contributed by atoms with Gasteiger partial charge in [0.15, 0.2) is 6.61 Å². The normalized spacial score (nSPS) is 11.9. The van der Waals surface area contributed by atoms with Crippen LogP contribution < -0.4 is 14.8 Å². The molecule has 0 aliphatic heterocycles. The number of likely N-dealkylation sites (N-methyl/N-ethyl adjacent to an activating group) is 1. The van der Waals surface area contributed by atoms with Crippen molar-refractivity contribution in [3.8, 4) is 11.5 Å². The number of aryl methyl sites for hydroxylation is 1. The van der Waals surface area contributed by atoms with Crippen LogP contribution in [0.1, 0.15) is 30.5 Å². The Bertz CT molecular complexity index is 697. The molecular formula is C22H30N2O3. The molecule has 1 atom stereocenters. The van der Waals surface area contributed by atoms with E-state index in [9.17, 15) is 4.79 Å². The van der Waals surface area contributed by atoms with Crippen molar-refractivity contribution in [1.29, 1.82) is 0 Å². The van der Waals surface area contributed by atoms with Crippen LogP contribution in [0.5, 0.6) is 11.5 Å². The molecule has 0 aromatic heterocycles. The van der Waals surface area contributed by atoms with E-state index in [1.165, 1.54) is 11.1 Å². The third kappa shape index (κ3) is 6.94. The van der Waals surface area contributed by atoms with Crippen LogP contribution in [0.3, 0.4) is 0 Å². The van der Waals surface area contributed by atoms with Gasteiger partial charge in [-0.05, 0) is 57.3 Å². The maximum absolute atomic E-state index is 12.2. The standard InChI is InChI=1S/C22H30N2O3/c1-5-14-26-19-10-12-20(13-11-19)27-16-22(25)23-15-21(24(3)4)18-8-6-17(2)7-9-18/h6-13,21H,5,14-16H2,1-4H3,(H,23,25). The Morgan fingerprint density at radius 2 is 1.59 bits per heavy atom. The lowest BCUT2D eigenvalue weighted by atomic mass is 10.0. The molecule has 1 amide bonds. The Labute approximate surface area is 162 Å². The van der Waals surface area contributed by atoms with Gasteiger partial charge in [-0.25, -0.2) is 0 Å². The van der Waals surface area contributed by atoms with E-state index in [0.29, 0.717) is 18.9 Å². The number of nitrogens with one attached hydrogen (secondary N) is 1. The zero-order valence-corrected chi connectivity index (χ0v) is 16.7. The number of rotatable bonds is 10.